The summed E-state index contributed by atoms with van der Waals surface area (Å²) in [5.74, 6) is -0.857. The molecule has 1 saturated carbocycles. The maximum Gasteiger partial charge on any atom is 0.257 e. The molecule has 4 heterocycles. The van der Waals surface area contributed by atoms with Crippen LogP contribution in [0.2, 0.25) is 0 Å². The molecule has 168 valence electrons. The van der Waals surface area contributed by atoms with E-state index in [-0.39, 0.29) is 17.1 Å². The topological polar surface area (TPSA) is 78.7 Å². The zero-order valence-electron chi connectivity index (χ0n) is 18.5. The lowest BCUT2D eigenvalue weighted by Gasteiger charge is -2.41. The van der Waals surface area contributed by atoms with Gasteiger partial charge < -0.3 is 14.6 Å². The zero-order valence-corrected chi connectivity index (χ0v) is 18.5. The maximum atomic E-state index is 14.5. The number of aromatic nitrogens is 4. The third-order valence-corrected chi connectivity index (χ3v) is 6.90. The average molecular weight is 446 g/mol. The highest BCUT2D eigenvalue weighted by molar-refractivity contribution is 6.13. The molecule has 3 aromatic heterocycles. The number of carbonyl (C=O) groups is 1. The van der Waals surface area contributed by atoms with Crippen LogP contribution in [0.4, 0.5) is 15.8 Å². The fourth-order valence-electron chi connectivity index (χ4n) is 4.88. The number of nitrogens with one attached hydrogen (secondary N) is 1. The molecule has 1 aliphatic carbocycles. The molecule has 1 saturated heterocycles. The van der Waals surface area contributed by atoms with E-state index in [1.165, 1.54) is 18.9 Å². The van der Waals surface area contributed by atoms with E-state index in [0.29, 0.717) is 28.0 Å². The number of rotatable bonds is 3. The molecule has 33 heavy (non-hydrogen) atoms. The number of likely N-dealkylation sites (N-methyl/N-ethyl adjacent to an activating group) is 1. The second kappa shape index (κ2) is 7.21. The highest BCUT2D eigenvalue weighted by atomic mass is 19.1. The molecular weight excluding hydrogens is 421 g/mol. The number of aryl methyl sites for hydroxylation is 1. The van der Waals surface area contributed by atoms with Gasteiger partial charge in [0, 0.05) is 56.0 Å². The predicted molar refractivity (Wildman–Crippen MR) is 124 cm³/mol. The number of anilines is 2. The Bertz CT molecular complexity index is 1410. The molecule has 9 heteroatoms. The zero-order chi connectivity index (χ0) is 22.7. The highest BCUT2D eigenvalue weighted by Crippen LogP contribution is 2.44. The second-order valence-electron chi connectivity index (χ2n) is 9.10. The molecule has 1 spiro atoms. The van der Waals surface area contributed by atoms with Crippen molar-refractivity contribution in [3.05, 3.63) is 60.1 Å². The molecule has 1 amide bonds. The first-order chi connectivity index (χ1) is 15.9. The number of pyridine rings is 1. The summed E-state index contributed by atoms with van der Waals surface area (Å²) in [6, 6.07) is 5.02. The number of halogens is 1. The number of hydrogen-bond acceptors (Lipinski definition) is 6. The molecule has 0 unspecified atom stereocenters. The number of hydrogen-bond donors (Lipinski definition) is 1. The van der Waals surface area contributed by atoms with Gasteiger partial charge in [0.15, 0.2) is 11.5 Å². The number of imidazole rings is 1. The number of amides is 1. The van der Waals surface area contributed by atoms with E-state index in [2.05, 4.69) is 37.1 Å². The van der Waals surface area contributed by atoms with Crippen molar-refractivity contribution in [1.29, 1.82) is 0 Å². The third kappa shape index (κ3) is 3.31. The second-order valence-corrected chi connectivity index (χ2v) is 9.10. The molecule has 2 aliphatic rings. The van der Waals surface area contributed by atoms with Gasteiger partial charge >= 0.3 is 0 Å². The van der Waals surface area contributed by atoms with E-state index in [1.54, 1.807) is 42.2 Å². The number of fused-ring (bicyclic) bond motifs is 2. The van der Waals surface area contributed by atoms with Crippen LogP contribution in [0.1, 0.15) is 28.9 Å². The van der Waals surface area contributed by atoms with Crippen molar-refractivity contribution in [2.75, 3.05) is 36.9 Å². The van der Waals surface area contributed by atoms with E-state index < -0.39 is 5.82 Å². The minimum absolute atomic E-state index is 0.228. The van der Waals surface area contributed by atoms with Crippen molar-refractivity contribution >= 4 is 34.0 Å². The number of carbonyl (C=O) groups excluding carboxylic acids is 1. The number of piperazine rings is 1. The van der Waals surface area contributed by atoms with Crippen molar-refractivity contribution < 1.29 is 9.18 Å². The van der Waals surface area contributed by atoms with Gasteiger partial charge in [-0.1, -0.05) is 0 Å². The van der Waals surface area contributed by atoms with Crippen LogP contribution >= 0.6 is 0 Å². The van der Waals surface area contributed by atoms with Gasteiger partial charge in [0.05, 0.1) is 22.6 Å². The highest BCUT2D eigenvalue weighted by Gasteiger charge is 2.49. The van der Waals surface area contributed by atoms with Crippen LogP contribution < -0.4 is 10.2 Å². The molecule has 0 radical (unpaired) electrons. The molecule has 1 N–H and O–H groups in total. The third-order valence-electron chi connectivity index (χ3n) is 6.90. The van der Waals surface area contributed by atoms with Gasteiger partial charge in [-0.05, 0) is 38.9 Å². The predicted octanol–water partition coefficient (Wildman–Crippen LogP) is 3.26. The van der Waals surface area contributed by atoms with Crippen LogP contribution in [0, 0.1) is 12.7 Å². The number of nitrogens with zero attached hydrogens (tertiary/aromatic N) is 6. The van der Waals surface area contributed by atoms with E-state index in [1.807, 2.05) is 6.07 Å². The molecular formula is C24H24FN7O. The Kier molecular flexibility index (Phi) is 4.38. The van der Waals surface area contributed by atoms with Gasteiger partial charge in [-0.2, -0.15) is 0 Å². The van der Waals surface area contributed by atoms with Crippen molar-refractivity contribution in [3.8, 4) is 0 Å². The lowest BCUT2D eigenvalue weighted by Crippen LogP contribution is -2.53. The summed E-state index contributed by atoms with van der Waals surface area (Å²) in [5.41, 5.74) is 4.18. The molecule has 1 aromatic carbocycles. The van der Waals surface area contributed by atoms with Gasteiger partial charge in [-0.3, -0.25) is 19.7 Å². The molecule has 0 bridgehead atoms. The average Bonchev–Trinajstić information content (AvgIpc) is 3.47. The largest absolute Gasteiger partial charge is 0.367 e. The normalized spacial score (nSPS) is 17.7. The van der Waals surface area contributed by atoms with Gasteiger partial charge in [-0.15, -0.1) is 0 Å². The van der Waals surface area contributed by atoms with Crippen LogP contribution in [0.25, 0.3) is 16.7 Å². The lowest BCUT2D eigenvalue weighted by molar-refractivity contribution is 0.102. The Labute approximate surface area is 190 Å². The SMILES string of the molecule is Cc1cn2cc(NC(=O)c3ccc(N4CCN(C)C5(CC5)C4)c4nccnc34)cc(F)c2n1. The first-order valence-electron chi connectivity index (χ1n) is 11.1. The molecule has 8 nitrogen and oxygen atoms in total. The van der Waals surface area contributed by atoms with Crippen molar-refractivity contribution in [3.63, 3.8) is 0 Å². The van der Waals surface area contributed by atoms with E-state index in [0.717, 1.165) is 25.3 Å². The fourth-order valence-corrected chi connectivity index (χ4v) is 4.88. The summed E-state index contributed by atoms with van der Waals surface area (Å²) >= 11 is 0. The molecule has 0 atom stereocenters. The van der Waals surface area contributed by atoms with Gasteiger partial charge in [0.25, 0.3) is 5.91 Å². The Hall–Kier alpha value is -3.59. The summed E-state index contributed by atoms with van der Waals surface area (Å²) in [6.07, 6.45) is 9.03. The van der Waals surface area contributed by atoms with Crippen LogP contribution in [0.5, 0.6) is 0 Å². The summed E-state index contributed by atoms with van der Waals surface area (Å²) in [5, 5.41) is 2.80. The van der Waals surface area contributed by atoms with Crippen molar-refractivity contribution in [2.45, 2.75) is 25.3 Å². The lowest BCUT2D eigenvalue weighted by atomic mass is 10.1. The van der Waals surface area contributed by atoms with E-state index >= 15 is 0 Å². The van der Waals surface area contributed by atoms with Crippen LogP contribution in [0.3, 0.4) is 0 Å². The minimum atomic E-state index is -0.495. The molecule has 4 aromatic rings. The van der Waals surface area contributed by atoms with Gasteiger partial charge in [-0.25, -0.2) is 9.37 Å². The fraction of sp³-hybridized carbons (Fsp3) is 0.333. The summed E-state index contributed by atoms with van der Waals surface area (Å²) in [7, 11) is 2.20. The van der Waals surface area contributed by atoms with Crippen LogP contribution in [-0.2, 0) is 0 Å². The van der Waals surface area contributed by atoms with E-state index in [4.69, 9.17) is 0 Å². The Morgan fingerprint density at radius 1 is 1.12 bits per heavy atom. The quantitative estimate of drug-likeness (QED) is 0.522. The maximum absolute atomic E-state index is 14.5. The Morgan fingerprint density at radius 3 is 2.70 bits per heavy atom. The van der Waals surface area contributed by atoms with Crippen LogP contribution in [-0.4, -0.2) is 62.4 Å². The van der Waals surface area contributed by atoms with Gasteiger partial charge in [0.2, 0.25) is 0 Å². The summed E-state index contributed by atoms with van der Waals surface area (Å²) in [6.45, 7) is 4.64. The first-order valence-corrected chi connectivity index (χ1v) is 11.1. The minimum Gasteiger partial charge on any atom is -0.367 e. The van der Waals surface area contributed by atoms with Crippen molar-refractivity contribution in [1.82, 2.24) is 24.3 Å². The van der Waals surface area contributed by atoms with Gasteiger partial charge in [0.1, 0.15) is 11.0 Å². The Balaban J connectivity index is 1.34. The monoisotopic (exact) mass is 445 g/mol. The molecule has 1 aliphatic heterocycles. The molecule has 6 rings (SSSR count). The standard InChI is InChI=1S/C24H24FN7O/c1-15-12-32-13-16(11-18(25)22(32)28-15)29-23(33)17-3-4-19(21-20(17)26-7-8-27-21)31-10-9-30(2)24(14-31)5-6-24/h3-4,7-8,11-13H,5-6,9-10,14H2,1-2H3,(H,29,33). The number of benzene rings is 1. The Morgan fingerprint density at radius 2 is 1.91 bits per heavy atom. The van der Waals surface area contributed by atoms with Crippen molar-refractivity contribution in [2.24, 2.45) is 0 Å². The molecule has 2 fully saturated rings. The summed E-state index contributed by atoms with van der Waals surface area (Å²) in [4.78, 5) is 31.2. The summed E-state index contributed by atoms with van der Waals surface area (Å²) < 4.78 is 16.0. The van der Waals surface area contributed by atoms with E-state index in [9.17, 15) is 9.18 Å². The first kappa shape index (κ1) is 20.0. The smallest absolute Gasteiger partial charge is 0.257 e. The van der Waals surface area contributed by atoms with Crippen LogP contribution in [0.15, 0.2) is 43.0 Å².